The van der Waals surface area contributed by atoms with Crippen molar-refractivity contribution in [2.75, 3.05) is 6.61 Å². The number of hydrogen-bond acceptors (Lipinski definition) is 3. The minimum Gasteiger partial charge on any atom is -0.493 e. The van der Waals surface area contributed by atoms with Gasteiger partial charge in [-0.15, -0.1) is 0 Å². The molecule has 1 atom stereocenters. The number of carbonyl (C=O) groups is 1. The molecule has 28 heavy (non-hydrogen) atoms. The highest BCUT2D eigenvalue weighted by atomic mass is 19.1. The SMILES string of the molecule is O=C(NC1CCOc2ccccc21)c1nn(-c2ccc(F)cc2)c2c1CCC2. The lowest BCUT2D eigenvalue weighted by Crippen LogP contribution is -2.33. The van der Waals surface area contributed by atoms with Crippen LogP contribution in [0.3, 0.4) is 0 Å². The van der Waals surface area contributed by atoms with Crippen molar-refractivity contribution >= 4 is 5.91 Å². The van der Waals surface area contributed by atoms with Crippen LogP contribution in [0.15, 0.2) is 48.5 Å². The zero-order valence-electron chi connectivity index (χ0n) is 15.3. The van der Waals surface area contributed by atoms with Crippen molar-refractivity contribution in [2.24, 2.45) is 0 Å². The number of ether oxygens (including phenoxy) is 1. The minimum atomic E-state index is -0.288. The maximum absolute atomic E-state index is 13.3. The molecule has 0 fully saturated rings. The molecule has 0 bridgehead atoms. The van der Waals surface area contributed by atoms with Crippen molar-refractivity contribution < 1.29 is 13.9 Å². The molecule has 2 aromatic carbocycles. The lowest BCUT2D eigenvalue weighted by Gasteiger charge is -2.26. The van der Waals surface area contributed by atoms with E-state index in [0.717, 1.165) is 53.9 Å². The highest BCUT2D eigenvalue weighted by Crippen LogP contribution is 2.33. The average Bonchev–Trinajstić information content (AvgIpc) is 3.32. The molecular formula is C22H20FN3O2. The van der Waals surface area contributed by atoms with Gasteiger partial charge in [0.25, 0.3) is 5.91 Å². The van der Waals surface area contributed by atoms with Gasteiger partial charge in [0, 0.05) is 23.2 Å². The molecule has 0 radical (unpaired) electrons. The predicted molar refractivity (Wildman–Crippen MR) is 102 cm³/mol. The van der Waals surface area contributed by atoms with Gasteiger partial charge in [0.1, 0.15) is 11.6 Å². The van der Waals surface area contributed by atoms with Crippen LogP contribution >= 0.6 is 0 Å². The van der Waals surface area contributed by atoms with Gasteiger partial charge >= 0.3 is 0 Å². The molecule has 0 saturated heterocycles. The second kappa shape index (κ2) is 6.78. The number of para-hydroxylation sites is 1. The molecule has 2 heterocycles. The van der Waals surface area contributed by atoms with Crippen LogP contribution < -0.4 is 10.1 Å². The van der Waals surface area contributed by atoms with Gasteiger partial charge in [-0.05, 0) is 49.6 Å². The Labute approximate surface area is 162 Å². The number of carbonyl (C=O) groups excluding carboxylic acids is 1. The number of aromatic nitrogens is 2. The summed E-state index contributed by atoms with van der Waals surface area (Å²) in [5.74, 6) is 0.366. The smallest absolute Gasteiger partial charge is 0.272 e. The lowest BCUT2D eigenvalue weighted by atomic mass is 10.0. The molecule has 6 heteroatoms. The quantitative estimate of drug-likeness (QED) is 0.756. The van der Waals surface area contributed by atoms with E-state index in [1.54, 1.807) is 16.8 Å². The first-order valence-corrected chi connectivity index (χ1v) is 9.60. The van der Waals surface area contributed by atoms with Gasteiger partial charge in [-0.1, -0.05) is 18.2 Å². The van der Waals surface area contributed by atoms with Crippen molar-refractivity contribution in [2.45, 2.75) is 31.7 Å². The van der Waals surface area contributed by atoms with E-state index in [-0.39, 0.29) is 17.8 Å². The molecule has 1 N–H and O–H groups in total. The summed E-state index contributed by atoms with van der Waals surface area (Å²) in [5, 5.41) is 7.74. The summed E-state index contributed by atoms with van der Waals surface area (Å²) >= 11 is 0. The van der Waals surface area contributed by atoms with Gasteiger partial charge < -0.3 is 10.1 Å². The number of rotatable bonds is 3. The molecule has 2 aliphatic rings. The van der Waals surface area contributed by atoms with Crippen LogP contribution in [-0.4, -0.2) is 22.3 Å². The van der Waals surface area contributed by atoms with Gasteiger partial charge in [0.05, 0.1) is 18.3 Å². The second-order valence-corrected chi connectivity index (χ2v) is 7.22. The highest BCUT2D eigenvalue weighted by molar-refractivity contribution is 5.94. The zero-order chi connectivity index (χ0) is 19.1. The van der Waals surface area contributed by atoms with E-state index in [1.165, 1.54) is 12.1 Å². The van der Waals surface area contributed by atoms with Gasteiger partial charge in [-0.2, -0.15) is 5.10 Å². The summed E-state index contributed by atoms with van der Waals surface area (Å²) in [4.78, 5) is 13.1. The summed E-state index contributed by atoms with van der Waals surface area (Å²) in [6.45, 7) is 0.573. The van der Waals surface area contributed by atoms with E-state index >= 15 is 0 Å². The normalized spacial score (nSPS) is 17.5. The van der Waals surface area contributed by atoms with Gasteiger partial charge in [-0.25, -0.2) is 9.07 Å². The van der Waals surface area contributed by atoms with Crippen molar-refractivity contribution in [1.29, 1.82) is 0 Å². The van der Waals surface area contributed by atoms with E-state index in [0.29, 0.717) is 12.3 Å². The fourth-order valence-electron chi connectivity index (χ4n) is 4.13. The third-order valence-electron chi connectivity index (χ3n) is 5.48. The van der Waals surface area contributed by atoms with Gasteiger partial charge in [-0.3, -0.25) is 4.79 Å². The average molecular weight is 377 g/mol. The molecule has 5 nitrogen and oxygen atoms in total. The Hall–Kier alpha value is -3.15. The first-order chi connectivity index (χ1) is 13.7. The Morgan fingerprint density at radius 1 is 1.14 bits per heavy atom. The Morgan fingerprint density at radius 2 is 1.96 bits per heavy atom. The van der Waals surface area contributed by atoms with Crippen molar-refractivity contribution in [3.8, 4) is 11.4 Å². The van der Waals surface area contributed by atoms with Crippen molar-refractivity contribution in [3.63, 3.8) is 0 Å². The number of amides is 1. The van der Waals surface area contributed by atoms with Crippen molar-refractivity contribution in [1.82, 2.24) is 15.1 Å². The van der Waals surface area contributed by atoms with Crippen LogP contribution in [0.1, 0.15) is 46.2 Å². The van der Waals surface area contributed by atoms with Gasteiger partial charge in [0.2, 0.25) is 0 Å². The minimum absolute atomic E-state index is 0.0922. The van der Waals surface area contributed by atoms with Crippen LogP contribution in [-0.2, 0) is 12.8 Å². The summed E-state index contributed by atoms with van der Waals surface area (Å²) < 4.78 is 20.8. The Balaban J connectivity index is 1.46. The largest absolute Gasteiger partial charge is 0.493 e. The molecule has 142 valence electrons. The van der Waals surface area contributed by atoms with Crippen LogP contribution in [0.2, 0.25) is 0 Å². The lowest BCUT2D eigenvalue weighted by molar-refractivity contribution is 0.0918. The molecular weight excluding hydrogens is 357 g/mol. The second-order valence-electron chi connectivity index (χ2n) is 7.22. The monoisotopic (exact) mass is 377 g/mol. The summed E-state index contributed by atoms with van der Waals surface area (Å²) in [6, 6.07) is 13.9. The molecule has 5 rings (SSSR count). The molecule has 1 unspecified atom stereocenters. The highest BCUT2D eigenvalue weighted by Gasteiger charge is 2.29. The molecule has 1 amide bonds. The van der Waals surface area contributed by atoms with Crippen molar-refractivity contribution in [3.05, 3.63) is 76.9 Å². The molecule has 1 aliphatic carbocycles. The van der Waals surface area contributed by atoms with E-state index in [2.05, 4.69) is 10.4 Å². The van der Waals surface area contributed by atoms with Crippen LogP contribution in [0.4, 0.5) is 4.39 Å². The van der Waals surface area contributed by atoms with Gasteiger partial charge in [0.15, 0.2) is 5.69 Å². The number of halogens is 1. The topological polar surface area (TPSA) is 56.1 Å². The fraction of sp³-hybridized carbons (Fsp3) is 0.273. The number of nitrogens with zero attached hydrogens (tertiary/aromatic N) is 2. The predicted octanol–water partition coefficient (Wildman–Crippen LogP) is 3.75. The van der Waals surface area contributed by atoms with E-state index in [1.807, 2.05) is 24.3 Å². The van der Waals surface area contributed by atoms with Crippen LogP contribution in [0, 0.1) is 5.82 Å². The summed E-state index contributed by atoms with van der Waals surface area (Å²) in [7, 11) is 0. The molecule has 0 spiro atoms. The summed E-state index contributed by atoms with van der Waals surface area (Å²) in [5.41, 5.74) is 4.29. The maximum Gasteiger partial charge on any atom is 0.272 e. The van der Waals surface area contributed by atoms with E-state index < -0.39 is 0 Å². The first kappa shape index (κ1) is 17.0. The molecule has 1 aliphatic heterocycles. The third-order valence-corrected chi connectivity index (χ3v) is 5.48. The number of nitrogens with one attached hydrogen (secondary N) is 1. The summed E-state index contributed by atoms with van der Waals surface area (Å²) in [6.07, 6.45) is 3.43. The first-order valence-electron chi connectivity index (χ1n) is 9.60. The standard InChI is InChI=1S/C22H20FN3O2/c23-14-8-10-15(11-9-14)26-19-6-3-5-17(19)21(25-26)22(27)24-18-12-13-28-20-7-2-1-4-16(18)20/h1-2,4,7-11,18H,3,5-6,12-13H2,(H,24,27). The Bertz CT molecular complexity index is 1040. The number of benzene rings is 2. The Kier molecular flexibility index (Phi) is 4.11. The number of hydrogen-bond donors (Lipinski definition) is 1. The zero-order valence-corrected chi connectivity index (χ0v) is 15.3. The van der Waals surface area contributed by atoms with Crippen LogP contribution in [0.5, 0.6) is 5.75 Å². The maximum atomic E-state index is 13.3. The van der Waals surface area contributed by atoms with E-state index in [4.69, 9.17) is 4.74 Å². The third kappa shape index (κ3) is 2.85. The fourth-order valence-corrected chi connectivity index (χ4v) is 4.13. The van der Waals surface area contributed by atoms with E-state index in [9.17, 15) is 9.18 Å². The Morgan fingerprint density at radius 3 is 2.82 bits per heavy atom. The molecule has 0 saturated carbocycles. The molecule has 3 aromatic rings. The molecule has 1 aromatic heterocycles. The number of fused-ring (bicyclic) bond motifs is 2. The van der Waals surface area contributed by atoms with Crippen LogP contribution in [0.25, 0.3) is 5.69 Å².